The van der Waals surface area contributed by atoms with Gasteiger partial charge >= 0.3 is 0 Å². The van der Waals surface area contributed by atoms with Crippen molar-refractivity contribution in [1.82, 2.24) is 5.06 Å². The molecule has 0 rings (SSSR count). The van der Waals surface area contributed by atoms with Gasteiger partial charge in [0.15, 0.2) is 0 Å². The minimum atomic E-state index is 0.676. The Morgan fingerprint density at radius 2 is 1.46 bits per heavy atom. The summed E-state index contributed by atoms with van der Waals surface area (Å²) in [7, 11) is 0. The minimum absolute atomic E-state index is 0.676. The maximum atomic E-state index is 5.65. The first kappa shape index (κ1) is 12.9. The van der Waals surface area contributed by atoms with Crippen molar-refractivity contribution in [2.75, 3.05) is 19.7 Å². The third-order valence-electron chi connectivity index (χ3n) is 1.62. The number of hydroxylamine groups is 2. The van der Waals surface area contributed by atoms with E-state index in [0.717, 1.165) is 26.1 Å². The van der Waals surface area contributed by atoms with Crippen molar-refractivity contribution in [3.05, 3.63) is 0 Å². The van der Waals surface area contributed by atoms with Crippen LogP contribution in [0.15, 0.2) is 0 Å². The lowest BCUT2D eigenvalue weighted by molar-refractivity contribution is -0.170. The largest absolute Gasteiger partial charge is 0.299 e. The van der Waals surface area contributed by atoms with E-state index < -0.39 is 0 Å². The molecule has 0 atom stereocenters. The predicted octanol–water partition coefficient (Wildman–Crippen LogP) is 2.94. The molecule has 0 radical (unpaired) electrons. The maximum absolute atomic E-state index is 5.65. The summed E-state index contributed by atoms with van der Waals surface area (Å²) in [6.45, 7) is 14.0. The van der Waals surface area contributed by atoms with Crippen LogP contribution in [0, 0.1) is 11.8 Å². The van der Waals surface area contributed by atoms with Crippen LogP contribution in [0.1, 0.15) is 41.0 Å². The average molecular weight is 187 g/mol. The minimum Gasteiger partial charge on any atom is -0.299 e. The SMILES string of the molecule is CCCON(CC(C)C)CC(C)C. The zero-order valence-corrected chi connectivity index (χ0v) is 9.84. The van der Waals surface area contributed by atoms with Gasteiger partial charge in [-0.1, -0.05) is 34.6 Å². The van der Waals surface area contributed by atoms with Crippen molar-refractivity contribution in [2.45, 2.75) is 41.0 Å². The highest BCUT2D eigenvalue weighted by Crippen LogP contribution is 2.04. The van der Waals surface area contributed by atoms with Gasteiger partial charge in [-0.3, -0.25) is 4.84 Å². The number of hydrogen-bond donors (Lipinski definition) is 0. The second-order valence-electron chi connectivity index (χ2n) is 4.47. The van der Waals surface area contributed by atoms with Crippen molar-refractivity contribution >= 4 is 0 Å². The van der Waals surface area contributed by atoms with Gasteiger partial charge < -0.3 is 0 Å². The Morgan fingerprint density at radius 1 is 1.00 bits per heavy atom. The summed E-state index contributed by atoms with van der Waals surface area (Å²) in [4.78, 5) is 5.65. The lowest BCUT2D eigenvalue weighted by Crippen LogP contribution is -2.31. The zero-order valence-electron chi connectivity index (χ0n) is 9.84. The van der Waals surface area contributed by atoms with Crippen LogP contribution in [0.25, 0.3) is 0 Å². The van der Waals surface area contributed by atoms with E-state index in [1.165, 1.54) is 0 Å². The van der Waals surface area contributed by atoms with Crippen molar-refractivity contribution in [2.24, 2.45) is 11.8 Å². The van der Waals surface area contributed by atoms with E-state index in [9.17, 15) is 0 Å². The quantitative estimate of drug-likeness (QED) is 0.568. The van der Waals surface area contributed by atoms with Crippen LogP contribution in [0.2, 0.25) is 0 Å². The third-order valence-corrected chi connectivity index (χ3v) is 1.62. The molecule has 0 unspecified atom stereocenters. The topological polar surface area (TPSA) is 12.5 Å². The highest BCUT2D eigenvalue weighted by Gasteiger charge is 2.09. The van der Waals surface area contributed by atoms with Gasteiger partial charge in [-0.05, 0) is 18.3 Å². The highest BCUT2D eigenvalue weighted by atomic mass is 16.7. The molecule has 0 fully saturated rings. The molecule has 0 N–H and O–H groups in total. The van der Waals surface area contributed by atoms with Crippen molar-refractivity contribution in [3.63, 3.8) is 0 Å². The number of nitrogens with zero attached hydrogens (tertiary/aromatic N) is 1. The van der Waals surface area contributed by atoms with Gasteiger partial charge in [0, 0.05) is 13.1 Å². The van der Waals surface area contributed by atoms with Gasteiger partial charge in [0.1, 0.15) is 0 Å². The molecule has 0 heterocycles. The molecule has 0 saturated carbocycles. The molecule has 2 nitrogen and oxygen atoms in total. The predicted molar refractivity (Wildman–Crippen MR) is 57.5 cm³/mol. The summed E-state index contributed by atoms with van der Waals surface area (Å²) < 4.78 is 0. The van der Waals surface area contributed by atoms with Gasteiger partial charge in [-0.2, -0.15) is 5.06 Å². The van der Waals surface area contributed by atoms with Gasteiger partial charge in [-0.15, -0.1) is 0 Å². The van der Waals surface area contributed by atoms with Crippen molar-refractivity contribution in [1.29, 1.82) is 0 Å². The lowest BCUT2D eigenvalue weighted by Gasteiger charge is -2.25. The molecule has 0 spiro atoms. The summed E-state index contributed by atoms with van der Waals surface area (Å²) in [5, 5.41) is 2.11. The maximum Gasteiger partial charge on any atom is 0.0682 e. The van der Waals surface area contributed by atoms with E-state index in [0.29, 0.717) is 11.8 Å². The molecule has 0 saturated heterocycles. The molecule has 0 aliphatic carbocycles. The Balaban J connectivity index is 3.73. The second-order valence-corrected chi connectivity index (χ2v) is 4.47. The summed E-state index contributed by atoms with van der Waals surface area (Å²) in [6.07, 6.45) is 1.09. The van der Waals surface area contributed by atoms with Crippen LogP contribution in [-0.4, -0.2) is 24.8 Å². The van der Waals surface area contributed by atoms with Crippen molar-refractivity contribution in [3.8, 4) is 0 Å². The van der Waals surface area contributed by atoms with E-state index in [4.69, 9.17) is 4.84 Å². The Kier molecular flexibility index (Phi) is 7.29. The van der Waals surface area contributed by atoms with E-state index in [1.54, 1.807) is 0 Å². The molecule has 13 heavy (non-hydrogen) atoms. The van der Waals surface area contributed by atoms with Crippen LogP contribution in [-0.2, 0) is 4.84 Å². The van der Waals surface area contributed by atoms with E-state index in [1.807, 2.05) is 0 Å². The molecule has 0 bridgehead atoms. The number of hydrogen-bond acceptors (Lipinski definition) is 2. The Hall–Kier alpha value is -0.0800. The van der Waals surface area contributed by atoms with Crippen LogP contribution < -0.4 is 0 Å². The van der Waals surface area contributed by atoms with Crippen LogP contribution >= 0.6 is 0 Å². The van der Waals surface area contributed by atoms with Gasteiger partial charge in [0.2, 0.25) is 0 Å². The fourth-order valence-electron chi connectivity index (χ4n) is 1.21. The lowest BCUT2D eigenvalue weighted by atomic mass is 10.2. The summed E-state index contributed by atoms with van der Waals surface area (Å²) in [6, 6.07) is 0. The molecule has 80 valence electrons. The first-order valence-electron chi connectivity index (χ1n) is 5.44. The fourth-order valence-corrected chi connectivity index (χ4v) is 1.21. The molecular formula is C11H25NO. The van der Waals surface area contributed by atoms with Crippen molar-refractivity contribution < 1.29 is 4.84 Å². The highest BCUT2D eigenvalue weighted by molar-refractivity contribution is 4.53. The Morgan fingerprint density at radius 3 is 1.77 bits per heavy atom. The monoisotopic (exact) mass is 187 g/mol. The van der Waals surface area contributed by atoms with Crippen LogP contribution in [0.3, 0.4) is 0 Å². The molecule has 0 aromatic heterocycles. The van der Waals surface area contributed by atoms with E-state index in [-0.39, 0.29) is 0 Å². The first-order chi connectivity index (χ1) is 6.06. The van der Waals surface area contributed by atoms with Gasteiger partial charge in [-0.25, -0.2) is 0 Å². The zero-order chi connectivity index (χ0) is 10.3. The summed E-state index contributed by atoms with van der Waals surface area (Å²) in [5.41, 5.74) is 0. The normalized spacial score (nSPS) is 12.0. The third kappa shape index (κ3) is 8.26. The Labute approximate surface area is 83.2 Å². The van der Waals surface area contributed by atoms with Gasteiger partial charge in [0.25, 0.3) is 0 Å². The summed E-state index contributed by atoms with van der Waals surface area (Å²) in [5.74, 6) is 1.35. The first-order valence-corrected chi connectivity index (χ1v) is 5.44. The smallest absolute Gasteiger partial charge is 0.0682 e. The molecule has 0 aliphatic heterocycles. The molecule has 0 aromatic rings. The van der Waals surface area contributed by atoms with Gasteiger partial charge in [0.05, 0.1) is 6.61 Å². The molecule has 0 aliphatic rings. The Bertz CT molecular complexity index is 103. The molecular weight excluding hydrogens is 162 g/mol. The van der Waals surface area contributed by atoms with E-state index >= 15 is 0 Å². The molecule has 0 aromatic carbocycles. The average Bonchev–Trinajstić information content (AvgIpc) is 1.98. The second kappa shape index (κ2) is 7.34. The standard InChI is InChI=1S/C11H25NO/c1-6-7-13-12(8-10(2)3)9-11(4)5/h10-11H,6-9H2,1-5H3. The van der Waals surface area contributed by atoms with E-state index in [2.05, 4.69) is 39.7 Å². The van der Waals surface area contributed by atoms with Crippen LogP contribution in [0.5, 0.6) is 0 Å². The van der Waals surface area contributed by atoms with Crippen LogP contribution in [0.4, 0.5) is 0 Å². The summed E-state index contributed by atoms with van der Waals surface area (Å²) >= 11 is 0. The number of rotatable bonds is 7. The molecule has 0 amide bonds. The fraction of sp³-hybridized carbons (Fsp3) is 1.00. The molecule has 2 heteroatoms.